The van der Waals surface area contributed by atoms with E-state index in [4.69, 9.17) is 0 Å². The standard InChI is InChI=1S/C13H16FN3O/c14-11-4-2-1-3-10(11)12-7-15-5-9-6-16-13(18)8-17(9)12/h1-4,9,12,15H,5-8H2,(H,16,18). The molecule has 0 aliphatic carbocycles. The van der Waals surface area contributed by atoms with Gasteiger partial charge in [-0.2, -0.15) is 0 Å². The van der Waals surface area contributed by atoms with E-state index in [1.165, 1.54) is 6.07 Å². The van der Waals surface area contributed by atoms with Crippen LogP contribution >= 0.6 is 0 Å². The number of hydrogen-bond donors (Lipinski definition) is 2. The molecule has 1 amide bonds. The summed E-state index contributed by atoms with van der Waals surface area (Å²) in [5.74, 6) is -0.176. The highest BCUT2D eigenvalue weighted by atomic mass is 19.1. The van der Waals surface area contributed by atoms with E-state index >= 15 is 0 Å². The number of benzene rings is 1. The van der Waals surface area contributed by atoms with Gasteiger partial charge >= 0.3 is 0 Å². The summed E-state index contributed by atoms with van der Waals surface area (Å²) in [6, 6.07) is 7.00. The molecular formula is C13H16FN3O. The predicted octanol–water partition coefficient (Wildman–Crippen LogP) is 0.270. The summed E-state index contributed by atoms with van der Waals surface area (Å²) in [5.41, 5.74) is 0.671. The molecule has 2 fully saturated rings. The van der Waals surface area contributed by atoms with Crippen molar-refractivity contribution in [1.82, 2.24) is 15.5 Å². The van der Waals surface area contributed by atoms with Gasteiger partial charge in [0.1, 0.15) is 5.82 Å². The first-order valence-electron chi connectivity index (χ1n) is 6.23. The highest BCUT2D eigenvalue weighted by Gasteiger charge is 2.36. The van der Waals surface area contributed by atoms with Crippen molar-refractivity contribution in [3.63, 3.8) is 0 Å². The van der Waals surface area contributed by atoms with Crippen LogP contribution in [-0.4, -0.2) is 43.0 Å². The van der Waals surface area contributed by atoms with Crippen molar-refractivity contribution in [3.8, 4) is 0 Å². The second-order valence-electron chi connectivity index (χ2n) is 4.83. The smallest absolute Gasteiger partial charge is 0.234 e. The second kappa shape index (κ2) is 4.66. The van der Waals surface area contributed by atoms with E-state index < -0.39 is 0 Å². The lowest BCUT2D eigenvalue weighted by Gasteiger charge is -2.45. The van der Waals surface area contributed by atoms with Crippen LogP contribution in [0.5, 0.6) is 0 Å². The van der Waals surface area contributed by atoms with E-state index in [-0.39, 0.29) is 23.8 Å². The molecule has 1 aromatic rings. The molecule has 4 nitrogen and oxygen atoms in total. The number of carbonyl (C=O) groups excluding carboxylic acids is 1. The van der Waals surface area contributed by atoms with Crippen LogP contribution in [0.3, 0.4) is 0 Å². The number of nitrogens with zero attached hydrogens (tertiary/aromatic N) is 1. The van der Waals surface area contributed by atoms with Crippen LogP contribution in [0, 0.1) is 5.82 Å². The Hall–Kier alpha value is -1.46. The van der Waals surface area contributed by atoms with Gasteiger partial charge in [-0.05, 0) is 6.07 Å². The third kappa shape index (κ3) is 2.00. The van der Waals surface area contributed by atoms with E-state index in [0.717, 1.165) is 6.54 Å². The maximum atomic E-state index is 13.9. The highest BCUT2D eigenvalue weighted by Crippen LogP contribution is 2.27. The fourth-order valence-corrected chi connectivity index (χ4v) is 2.79. The SMILES string of the molecule is O=C1CN2C(CNCC2c2ccccc2F)CN1. The number of nitrogens with one attached hydrogen (secondary N) is 2. The molecule has 5 heteroatoms. The third-order valence-electron chi connectivity index (χ3n) is 3.71. The lowest BCUT2D eigenvalue weighted by molar-refractivity contribution is -0.127. The molecule has 2 heterocycles. The summed E-state index contributed by atoms with van der Waals surface area (Å²) in [6.45, 7) is 2.51. The van der Waals surface area contributed by atoms with Crippen LogP contribution < -0.4 is 10.6 Å². The topological polar surface area (TPSA) is 44.4 Å². The van der Waals surface area contributed by atoms with Gasteiger partial charge in [0.2, 0.25) is 5.91 Å². The van der Waals surface area contributed by atoms with Gasteiger partial charge in [-0.1, -0.05) is 18.2 Å². The van der Waals surface area contributed by atoms with Crippen LogP contribution in [-0.2, 0) is 4.79 Å². The molecule has 0 bridgehead atoms. The maximum absolute atomic E-state index is 13.9. The molecule has 0 aromatic heterocycles. The number of halogens is 1. The predicted molar refractivity (Wildman–Crippen MR) is 65.5 cm³/mol. The van der Waals surface area contributed by atoms with Gasteiger partial charge in [0.15, 0.2) is 0 Å². The monoisotopic (exact) mass is 249 g/mol. The zero-order valence-electron chi connectivity index (χ0n) is 10.0. The van der Waals surface area contributed by atoms with Crippen LogP contribution in [0.1, 0.15) is 11.6 Å². The van der Waals surface area contributed by atoms with Gasteiger partial charge in [-0.15, -0.1) is 0 Å². The molecule has 2 saturated heterocycles. The van der Waals surface area contributed by atoms with E-state index in [2.05, 4.69) is 15.5 Å². The number of amides is 1. The number of piperazine rings is 2. The minimum absolute atomic E-state index is 0.0227. The van der Waals surface area contributed by atoms with Gasteiger partial charge in [-0.25, -0.2) is 4.39 Å². The van der Waals surface area contributed by atoms with Crippen molar-refractivity contribution in [2.45, 2.75) is 12.1 Å². The summed E-state index contributed by atoms with van der Waals surface area (Å²) < 4.78 is 13.9. The average molecular weight is 249 g/mol. The molecule has 1 aromatic carbocycles. The Kier molecular flexibility index (Phi) is 3.01. The van der Waals surface area contributed by atoms with Gasteiger partial charge in [0, 0.05) is 31.2 Å². The van der Waals surface area contributed by atoms with E-state index in [1.807, 2.05) is 6.07 Å². The van der Waals surface area contributed by atoms with Crippen molar-refractivity contribution < 1.29 is 9.18 Å². The van der Waals surface area contributed by atoms with Gasteiger partial charge in [0.05, 0.1) is 12.6 Å². The summed E-state index contributed by atoms with van der Waals surface area (Å²) in [4.78, 5) is 13.6. The van der Waals surface area contributed by atoms with Gasteiger partial charge in [0.25, 0.3) is 0 Å². The van der Waals surface area contributed by atoms with Crippen LogP contribution in [0.4, 0.5) is 4.39 Å². The molecular weight excluding hydrogens is 233 g/mol. The van der Waals surface area contributed by atoms with Crippen molar-refractivity contribution in [2.75, 3.05) is 26.2 Å². The number of fused-ring (bicyclic) bond motifs is 1. The Balaban J connectivity index is 1.90. The zero-order valence-corrected chi connectivity index (χ0v) is 10.0. The normalized spacial score (nSPS) is 28.6. The minimum atomic E-state index is -0.198. The molecule has 2 N–H and O–H groups in total. The van der Waals surface area contributed by atoms with Crippen LogP contribution in [0.25, 0.3) is 0 Å². The van der Waals surface area contributed by atoms with Gasteiger partial charge < -0.3 is 10.6 Å². The third-order valence-corrected chi connectivity index (χ3v) is 3.71. The largest absolute Gasteiger partial charge is 0.353 e. The molecule has 2 aliphatic rings. The molecule has 2 aliphatic heterocycles. The van der Waals surface area contributed by atoms with Crippen LogP contribution in [0.15, 0.2) is 24.3 Å². The fraction of sp³-hybridized carbons (Fsp3) is 0.462. The summed E-state index contributed by atoms with van der Waals surface area (Å²) in [7, 11) is 0. The second-order valence-corrected chi connectivity index (χ2v) is 4.83. The first kappa shape index (κ1) is 11.6. The van der Waals surface area contributed by atoms with Crippen molar-refractivity contribution in [1.29, 1.82) is 0 Å². The molecule has 18 heavy (non-hydrogen) atoms. The molecule has 0 radical (unpaired) electrons. The van der Waals surface area contributed by atoms with Crippen molar-refractivity contribution >= 4 is 5.91 Å². The first-order valence-corrected chi connectivity index (χ1v) is 6.23. The van der Waals surface area contributed by atoms with Gasteiger partial charge in [-0.3, -0.25) is 9.69 Å². The Morgan fingerprint density at radius 3 is 2.89 bits per heavy atom. The van der Waals surface area contributed by atoms with Crippen LogP contribution in [0.2, 0.25) is 0 Å². The number of rotatable bonds is 1. The molecule has 0 saturated carbocycles. The summed E-state index contributed by atoms with van der Waals surface area (Å²) in [5, 5.41) is 6.17. The summed E-state index contributed by atoms with van der Waals surface area (Å²) in [6.07, 6.45) is 0. The zero-order chi connectivity index (χ0) is 12.5. The molecule has 96 valence electrons. The Morgan fingerprint density at radius 1 is 1.22 bits per heavy atom. The number of carbonyl (C=O) groups is 1. The average Bonchev–Trinajstić information content (AvgIpc) is 2.39. The minimum Gasteiger partial charge on any atom is -0.353 e. The first-order chi connectivity index (χ1) is 8.75. The maximum Gasteiger partial charge on any atom is 0.234 e. The Bertz CT molecular complexity index is 465. The quantitative estimate of drug-likeness (QED) is 0.751. The molecule has 0 spiro atoms. The number of hydrogen-bond acceptors (Lipinski definition) is 3. The fourth-order valence-electron chi connectivity index (χ4n) is 2.79. The van der Waals surface area contributed by atoms with E-state index in [9.17, 15) is 9.18 Å². The van der Waals surface area contributed by atoms with Crippen molar-refractivity contribution in [2.24, 2.45) is 0 Å². The highest BCUT2D eigenvalue weighted by molar-refractivity contribution is 5.79. The molecule has 2 atom stereocenters. The van der Waals surface area contributed by atoms with Crippen molar-refractivity contribution in [3.05, 3.63) is 35.6 Å². The Morgan fingerprint density at radius 2 is 2.06 bits per heavy atom. The lowest BCUT2D eigenvalue weighted by Crippen LogP contribution is -2.63. The molecule has 2 unspecified atom stereocenters. The molecule has 3 rings (SSSR count). The van der Waals surface area contributed by atoms with E-state index in [1.54, 1.807) is 12.1 Å². The lowest BCUT2D eigenvalue weighted by atomic mass is 9.98. The Labute approximate surface area is 105 Å². The summed E-state index contributed by atoms with van der Waals surface area (Å²) >= 11 is 0. The van der Waals surface area contributed by atoms with E-state index in [0.29, 0.717) is 25.2 Å².